The van der Waals surface area contributed by atoms with Crippen LogP contribution in [0.3, 0.4) is 0 Å². The number of nitrogens with one attached hydrogen (secondary N) is 1. The maximum Gasteiger partial charge on any atom is 0.264 e. The van der Waals surface area contributed by atoms with E-state index in [1.54, 1.807) is 24.3 Å². The summed E-state index contributed by atoms with van der Waals surface area (Å²) >= 11 is 0. The van der Waals surface area contributed by atoms with Crippen LogP contribution in [0.25, 0.3) is 11.4 Å². The van der Waals surface area contributed by atoms with Crippen LogP contribution in [0.15, 0.2) is 59.1 Å². The number of hydrogen-bond acceptors (Lipinski definition) is 5. The fraction of sp³-hybridized carbons (Fsp3) is 0.167. The van der Waals surface area contributed by atoms with Gasteiger partial charge in [0.05, 0.1) is 5.56 Å². The molecule has 3 rings (SSSR count). The summed E-state index contributed by atoms with van der Waals surface area (Å²) in [6.07, 6.45) is 0. The molecule has 1 aromatic heterocycles. The maximum atomic E-state index is 12.0. The number of hydrogen-bond donors (Lipinski definition) is 1. The average Bonchev–Trinajstić information content (AvgIpc) is 3.10. The van der Waals surface area contributed by atoms with E-state index in [0.29, 0.717) is 29.6 Å². The minimum Gasteiger partial charge on any atom is -0.483 e. The minimum absolute atomic E-state index is 0.0935. The van der Waals surface area contributed by atoms with Gasteiger partial charge in [0.25, 0.3) is 11.8 Å². The zero-order chi connectivity index (χ0) is 16.8. The van der Waals surface area contributed by atoms with Crippen molar-refractivity contribution < 1.29 is 14.1 Å². The number of carbonyl (C=O) groups excluding carboxylic acids is 1. The van der Waals surface area contributed by atoms with Crippen LogP contribution >= 0.6 is 0 Å². The third-order valence-corrected chi connectivity index (χ3v) is 3.32. The van der Waals surface area contributed by atoms with Crippen LogP contribution < -0.4 is 10.1 Å². The van der Waals surface area contributed by atoms with Crippen molar-refractivity contribution in [3.8, 4) is 17.1 Å². The van der Waals surface area contributed by atoms with E-state index in [9.17, 15) is 4.79 Å². The van der Waals surface area contributed by atoms with E-state index in [1.807, 2.05) is 37.3 Å². The molecule has 24 heavy (non-hydrogen) atoms. The van der Waals surface area contributed by atoms with Crippen molar-refractivity contribution in [2.24, 2.45) is 0 Å². The van der Waals surface area contributed by atoms with E-state index < -0.39 is 0 Å². The molecule has 0 unspecified atom stereocenters. The molecule has 6 nitrogen and oxygen atoms in total. The predicted octanol–water partition coefficient (Wildman–Crippen LogP) is 3.07. The Morgan fingerprint density at radius 3 is 2.67 bits per heavy atom. The summed E-state index contributed by atoms with van der Waals surface area (Å²) in [6.45, 7) is 2.51. The summed E-state index contributed by atoms with van der Waals surface area (Å²) in [7, 11) is 0. The van der Waals surface area contributed by atoms with E-state index in [4.69, 9.17) is 9.26 Å². The van der Waals surface area contributed by atoms with Crippen molar-refractivity contribution in [2.75, 3.05) is 6.54 Å². The lowest BCUT2D eigenvalue weighted by Gasteiger charge is -2.09. The van der Waals surface area contributed by atoms with E-state index in [-0.39, 0.29) is 12.5 Å². The van der Waals surface area contributed by atoms with E-state index in [0.717, 1.165) is 5.56 Å². The smallest absolute Gasteiger partial charge is 0.264 e. The molecule has 1 amide bonds. The van der Waals surface area contributed by atoms with Gasteiger partial charge < -0.3 is 14.6 Å². The molecular weight excluding hydrogens is 306 g/mol. The molecule has 0 bridgehead atoms. The third kappa shape index (κ3) is 3.60. The largest absolute Gasteiger partial charge is 0.483 e. The van der Waals surface area contributed by atoms with E-state index in [1.165, 1.54) is 0 Å². The Balaban J connectivity index is 1.71. The number of nitrogens with zero attached hydrogens (tertiary/aromatic N) is 2. The molecule has 0 atom stereocenters. The molecule has 0 aliphatic carbocycles. The molecule has 0 radical (unpaired) electrons. The first-order chi connectivity index (χ1) is 11.8. The topological polar surface area (TPSA) is 77.2 Å². The number of aromatic nitrogens is 2. The molecule has 0 saturated carbocycles. The van der Waals surface area contributed by atoms with Crippen LogP contribution in [0.2, 0.25) is 0 Å². The number of amides is 1. The first-order valence-electron chi connectivity index (χ1n) is 7.66. The highest BCUT2D eigenvalue weighted by molar-refractivity contribution is 5.96. The van der Waals surface area contributed by atoms with Crippen LogP contribution in [0, 0.1) is 0 Å². The third-order valence-electron chi connectivity index (χ3n) is 3.32. The molecule has 0 aliphatic rings. The quantitative estimate of drug-likeness (QED) is 0.754. The van der Waals surface area contributed by atoms with Crippen LogP contribution in [0.4, 0.5) is 0 Å². The highest BCUT2D eigenvalue weighted by atomic mass is 16.5. The van der Waals surface area contributed by atoms with Crippen molar-refractivity contribution >= 4 is 5.91 Å². The van der Waals surface area contributed by atoms with Gasteiger partial charge in [0.1, 0.15) is 5.75 Å². The van der Waals surface area contributed by atoms with Gasteiger partial charge in [0.15, 0.2) is 6.61 Å². The molecule has 122 valence electrons. The molecule has 0 spiro atoms. The Kier molecular flexibility index (Phi) is 4.86. The van der Waals surface area contributed by atoms with Gasteiger partial charge in [-0.15, -0.1) is 0 Å². The minimum atomic E-state index is -0.177. The molecule has 1 heterocycles. The lowest BCUT2D eigenvalue weighted by atomic mass is 10.2. The van der Waals surface area contributed by atoms with Gasteiger partial charge in [-0.25, -0.2) is 0 Å². The van der Waals surface area contributed by atoms with Gasteiger partial charge in [-0.1, -0.05) is 47.6 Å². The SMILES string of the molecule is CCNC(=O)c1ccccc1OCc1nc(-c2ccccc2)no1. The van der Waals surface area contributed by atoms with Crippen molar-refractivity contribution in [3.05, 3.63) is 66.1 Å². The van der Waals surface area contributed by atoms with Crippen LogP contribution in [-0.4, -0.2) is 22.6 Å². The summed E-state index contributed by atoms with van der Waals surface area (Å²) in [5.74, 6) is 1.15. The normalized spacial score (nSPS) is 10.4. The summed E-state index contributed by atoms with van der Waals surface area (Å²) in [5.41, 5.74) is 1.34. The summed E-state index contributed by atoms with van der Waals surface area (Å²) in [5, 5.41) is 6.70. The Hall–Kier alpha value is -3.15. The molecule has 1 N–H and O–H groups in total. The summed E-state index contributed by atoms with van der Waals surface area (Å²) in [4.78, 5) is 16.3. The van der Waals surface area contributed by atoms with Gasteiger partial charge >= 0.3 is 0 Å². The molecule has 2 aromatic carbocycles. The van der Waals surface area contributed by atoms with Crippen molar-refractivity contribution in [1.29, 1.82) is 0 Å². The van der Waals surface area contributed by atoms with Crippen molar-refractivity contribution in [1.82, 2.24) is 15.5 Å². The maximum absolute atomic E-state index is 12.0. The summed E-state index contributed by atoms with van der Waals surface area (Å²) < 4.78 is 10.9. The zero-order valence-corrected chi connectivity index (χ0v) is 13.2. The number of rotatable bonds is 6. The fourth-order valence-corrected chi connectivity index (χ4v) is 2.19. The van der Waals surface area contributed by atoms with Gasteiger partial charge in [0.2, 0.25) is 5.82 Å². The Bertz CT molecular complexity index is 815. The molecule has 0 aliphatic heterocycles. The summed E-state index contributed by atoms with van der Waals surface area (Å²) in [6, 6.07) is 16.6. The van der Waals surface area contributed by atoms with E-state index >= 15 is 0 Å². The van der Waals surface area contributed by atoms with Crippen LogP contribution in [0.1, 0.15) is 23.2 Å². The molecule has 0 fully saturated rings. The monoisotopic (exact) mass is 323 g/mol. The fourth-order valence-electron chi connectivity index (χ4n) is 2.19. The first kappa shape index (κ1) is 15.7. The molecular formula is C18H17N3O3. The molecule has 3 aromatic rings. The van der Waals surface area contributed by atoms with E-state index in [2.05, 4.69) is 15.5 Å². The van der Waals surface area contributed by atoms with Crippen molar-refractivity contribution in [2.45, 2.75) is 13.5 Å². The van der Waals surface area contributed by atoms with Crippen LogP contribution in [0.5, 0.6) is 5.75 Å². The number of ether oxygens (including phenoxy) is 1. The Morgan fingerprint density at radius 1 is 1.12 bits per heavy atom. The van der Waals surface area contributed by atoms with Gasteiger partial charge in [0, 0.05) is 12.1 Å². The molecule has 6 heteroatoms. The average molecular weight is 323 g/mol. The standard InChI is InChI=1S/C18H17N3O3/c1-2-19-18(22)14-10-6-7-11-15(14)23-12-16-20-17(21-24-16)13-8-4-3-5-9-13/h3-11H,2,12H2,1H3,(H,19,22). The number of para-hydroxylation sites is 1. The highest BCUT2D eigenvalue weighted by Crippen LogP contribution is 2.20. The highest BCUT2D eigenvalue weighted by Gasteiger charge is 2.13. The second-order valence-electron chi connectivity index (χ2n) is 5.02. The van der Waals surface area contributed by atoms with Gasteiger partial charge in [-0.2, -0.15) is 4.98 Å². The zero-order valence-electron chi connectivity index (χ0n) is 13.2. The number of carbonyl (C=O) groups is 1. The van der Waals surface area contributed by atoms with Crippen molar-refractivity contribution in [3.63, 3.8) is 0 Å². The second kappa shape index (κ2) is 7.41. The Morgan fingerprint density at radius 2 is 1.88 bits per heavy atom. The lowest BCUT2D eigenvalue weighted by molar-refractivity contribution is 0.0950. The van der Waals surface area contributed by atoms with Gasteiger partial charge in [-0.3, -0.25) is 4.79 Å². The van der Waals surface area contributed by atoms with Crippen LogP contribution in [-0.2, 0) is 6.61 Å². The first-order valence-corrected chi connectivity index (χ1v) is 7.66. The molecule has 0 saturated heterocycles. The Labute approximate surface area is 139 Å². The predicted molar refractivity (Wildman–Crippen MR) is 88.5 cm³/mol. The van der Waals surface area contributed by atoms with Gasteiger partial charge in [-0.05, 0) is 19.1 Å². The number of benzene rings is 2. The lowest BCUT2D eigenvalue weighted by Crippen LogP contribution is -2.23. The second-order valence-corrected chi connectivity index (χ2v) is 5.02.